The van der Waals surface area contributed by atoms with Gasteiger partial charge < -0.3 is 0 Å². The third-order valence-corrected chi connectivity index (χ3v) is 13.8. The molecule has 3 aromatic carbocycles. The number of unbranched alkanes of at least 4 members (excludes halogenated alkanes) is 1. The maximum atomic E-state index is 3.08. The minimum atomic E-state index is -0.521. The van der Waals surface area contributed by atoms with E-state index in [0.717, 1.165) is 19.6 Å². The van der Waals surface area contributed by atoms with Crippen molar-refractivity contribution in [2.75, 3.05) is 19.6 Å². The zero-order chi connectivity index (χ0) is 28.6. The maximum absolute atomic E-state index is 3.08. The second-order valence-corrected chi connectivity index (χ2v) is 15.7. The van der Waals surface area contributed by atoms with Crippen molar-refractivity contribution in [1.82, 2.24) is 14.7 Å². The first-order valence-corrected chi connectivity index (χ1v) is 17.6. The van der Waals surface area contributed by atoms with Crippen molar-refractivity contribution in [3.05, 3.63) is 102 Å². The standard InChI is InChI=1S/C37H50N3P/c1-6-7-27-40(41-29(3)28(2)37(4,5)32-23-15-16-24-33(32)41)36-34(30-19-11-8-12-20-30)38-25-17-10-18-26-39(38)35(36)31-21-13-9-14-22-31/h8-9,11-16,19-24,28-29,34-36H,6-7,10,17-18,25-27H2,1-5H3/t28?,29?,34-,35-,41?/m0/s1. The molecule has 3 unspecified atom stereocenters. The van der Waals surface area contributed by atoms with Gasteiger partial charge in [-0.25, -0.2) is 10.0 Å². The number of hydrogen-bond acceptors (Lipinski definition) is 3. The van der Waals surface area contributed by atoms with Crippen molar-refractivity contribution in [1.29, 1.82) is 0 Å². The first-order chi connectivity index (χ1) is 19.9. The fourth-order valence-electron chi connectivity index (χ4n) is 8.06. The van der Waals surface area contributed by atoms with Crippen LogP contribution in [0.3, 0.4) is 0 Å². The van der Waals surface area contributed by atoms with E-state index in [0.29, 0.717) is 29.7 Å². The summed E-state index contributed by atoms with van der Waals surface area (Å²) in [5.41, 5.74) is 5.34. The number of hydrazine groups is 1. The van der Waals surface area contributed by atoms with E-state index in [1.807, 2.05) is 0 Å². The SMILES string of the molecule is CCCCN(C1[C@H](c2ccccc2)N2CCCCCN2[C@H]1c1ccccc1)P1c2ccccc2C(C)(C)C(C)C1C. The van der Waals surface area contributed by atoms with Crippen molar-refractivity contribution in [3.8, 4) is 0 Å². The molecular formula is C37H50N3P. The van der Waals surface area contributed by atoms with Crippen molar-refractivity contribution < 1.29 is 0 Å². The highest BCUT2D eigenvalue weighted by atomic mass is 31.1. The molecule has 0 aromatic heterocycles. The largest absolute Gasteiger partial charge is 0.271 e. The van der Waals surface area contributed by atoms with Gasteiger partial charge in [-0.3, -0.25) is 4.67 Å². The summed E-state index contributed by atoms with van der Waals surface area (Å²) < 4.78 is 3.08. The van der Waals surface area contributed by atoms with E-state index in [9.17, 15) is 0 Å². The molecule has 5 atom stereocenters. The van der Waals surface area contributed by atoms with Crippen LogP contribution in [0.4, 0.5) is 0 Å². The summed E-state index contributed by atoms with van der Waals surface area (Å²) in [4.78, 5) is 0. The van der Waals surface area contributed by atoms with Gasteiger partial charge in [0, 0.05) is 19.6 Å². The molecule has 3 aliphatic rings. The normalized spacial score (nSPS) is 28.8. The average molecular weight is 568 g/mol. The lowest BCUT2D eigenvalue weighted by atomic mass is 9.72. The second-order valence-electron chi connectivity index (χ2n) is 13.2. The summed E-state index contributed by atoms with van der Waals surface area (Å²) in [5.74, 6) is 0.616. The molecule has 0 radical (unpaired) electrons. The molecule has 0 saturated carbocycles. The van der Waals surface area contributed by atoms with Gasteiger partial charge in [-0.1, -0.05) is 132 Å². The second kappa shape index (κ2) is 12.3. The molecule has 41 heavy (non-hydrogen) atoms. The Morgan fingerprint density at radius 1 is 0.756 bits per heavy atom. The number of hydrogen-bond donors (Lipinski definition) is 0. The zero-order valence-electron chi connectivity index (χ0n) is 25.9. The summed E-state index contributed by atoms with van der Waals surface area (Å²) in [6, 6.07) is 33.6. The van der Waals surface area contributed by atoms with E-state index in [2.05, 4.69) is 134 Å². The highest BCUT2D eigenvalue weighted by Gasteiger charge is 2.55. The molecule has 2 fully saturated rings. The molecule has 2 saturated heterocycles. The van der Waals surface area contributed by atoms with Crippen molar-refractivity contribution in [3.63, 3.8) is 0 Å². The smallest absolute Gasteiger partial charge is 0.0673 e. The Morgan fingerprint density at radius 3 is 1.85 bits per heavy atom. The van der Waals surface area contributed by atoms with Crippen LogP contribution in [-0.4, -0.2) is 46.0 Å². The van der Waals surface area contributed by atoms with E-state index in [-0.39, 0.29) is 5.41 Å². The fraction of sp³-hybridized carbons (Fsp3) is 0.514. The fourth-order valence-corrected chi connectivity index (χ4v) is 11.8. The topological polar surface area (TPSA) is 9.72 Å². The first-order valence-electron chi connectivity index (χ1n) is 16.2. The van der Waals surface area contributed by atoms with Gasteiger partial charge in [0.25, 0.3) is 0 Å². The molecule has 0 N–H and O–H groups in total. The molecule has 0 bridgehead atoms. The first kappa shape index (κ1) is 29.1. The summed E-state index contributed by atoms with van der Waals surface area (Å²) >= 11 is 0. The molecule has 0 amide bonds. The van der Waals surface area contributed by atoms with Gasteiger partial charge in [0.05, 0.1) is 18.1 Å². The summed E-state index contributed by atoms with van der Waals surface area (Å²) in [6.07, 6.45) is 6.35. The Bertz CT molecular complexity index is 1220. The van der Waals surface area contributed by atoms with Crippen molar-refractivity contribution >= 4 is 13.4 Å². The predicted molar refractivity (Wildman–Crippen MR) is 176 cm³/mol. The minimum Gasteiger partial charge on any atom is -0.271 e. The van der Waals surface area contributed by atoms with Crippen LogP contribution in [0.2, 0.25) is 0 Å². The van der Waals surface area contributed by atoms with E-state index in [4.69, 9.17) is 0 Å². The van der Waals surface area contributed by atoms with Gasteiger partial charge in [-0.2, -0.15) is 0 Å². The summed E-state index contributed by atoms with van der Waals surface area (Å²) in [7, 11) is -0.521. The van der Waals surface area contributed by atoms with Gasteiger partial charge >= 0.3 is 0 Å². The third-order valence-electron chi connectivity index (χ3n) is 10.6. The van der Waals surface area contributed by atoms with Gasteiger partial charge in [0.15, 0.2) is 0 Å². The van der Waals surface area contributed by atoms with E-state index in [1.54, 1.807) is 10.9 Å². The van der Waals surface area contributed by atoms with Gasteiger partial charge in [0.1, 0.15) is 0 Å². The molecule has 4 heteroatoms. The van der Waals surface area contributed by atoms with Crippen molar-refractivity contribution in [2.45, 2.75) is 95.9 Å². The summed E-state index contributed by atoms with van der Waals surface area (Å²) in [6.45, 7) is 15.9. The lowest BCUT2D eigenvalue weighted by Gasteiger charge is -2.52. The molecule has 3 aromatic rings. The van der Waals surface area contributed by atoms with E-state index >= 15 is 0 Å². The number of rotatable bonds is 7. The van der Waals surface area contributed by atoms with Gasteiger partial charge in [-0.05, 0) is 66.3 Å². The number of benzene rings is 3. The van der Waals surface area contributed by atoms with Crippen LogP contribution in [0.25, 0.3) is 0 Å². The Balaban J connectivity index is 1.57. The average Bonchev–Trinajstić information content (AvgIpc) is 3.13. The van der Waals surface area contributed by atoms with E-state index in [1.165, 1.54) is 43.2 Å². The highest BCUT2D eigenvalue weighted by molar-refractivity contribution is 7.64. The van der Waals surface area contributed by atoms with Crippen LogP contribution in [0.1, 0.15) is 95.5 Å². The number of fused-ring (bicyclic) bond motifs is 2. The third kappa shape index (κ3) is 5.22. The van der Waals surface area contributed by atoms with Crippen LogP contribution in [-0.2, 0) is 5.41 Å². The number of nitrogens with zero attached hydrogens (tertiary/aromatic N) is 3. The molecule has 3 nitrogen and oxygen atoms in total. The van der Waals surface area contributed by atoms with Crippen molar-refractivity contribution in [2.24, 2.45) is 5.92 Å². The van der Waals surface area contributed by atoms with Crippen LogP contribution < -0.4 is 5.30 Å². The molecular weight excluding hydrogens is 517 g/mol. The Kier molecular flexibility index (Phi) is 8.71. The lowest BCUT2D eigenvalue weighted by Crippen LogP contribution is -2.50. The van der Waals surface area contributed by atoms with Crippen LogP contribution in [0.15, 0.2) is 84.9 Å². The molecule has 3 aliphatic heterocycles. The van der Waals surface area contributed by atoms with Crippen LogP contribution in [0, 0.1) is 5.92 Å². The summed E-state index contributed by atoms with van der Waals surface area (Å²) in [5, 5.41) is 7.25. The highest BCUT2D eigenvalue weighted by Crippen LogP contribution is 2.61. The monoisotopic (exact) mass is 567 g/mol. The maximum Gasteiger partial charge on any atom is 0.0673 e. The van der Waals surface area contributed by atoms with Gasteiger partial charge in [0.2, 0.25) is 0 Å². The predicted octanol–water partition coefficient (Wildman–Crippen LogP) is 8.69. The van der Waals surface area contributed by atoms with Crippen LogP contribution >= 0.6 is 8.07 Å². The molecule has 0 spiro atoms. The lowest BCUT2D eigenvalue weighted by molar-refractivity contribution is -0.0191. The molecule has 6 rings (SSSR count). The van der Waals surface area contributed by atoms with Gasteiger partial charge in [-0.15, -0.1) is 0 Å². The quantitative estimate of drug-likeness (QED) is 0.265. The molecule has 218 valence electrons. The van der Waals surface area contributed by atoms with E-state index < -0.39 is 8.07 Å². The Labute approximate surface area is 250 Å². The van der Waals surface area contributed by atoms with Crippen LogP contribution in [0.5, 0.6) is 0 Å². The Hall–Kier alpha value is -2.03. The molecule has 3 heterocycles. The molecule has 0 aliphatic carbocycles. The Morgan fingerprint density at radius 2 is 1.29 bits per heavy atom. The minimum absolute atomic E-state index is 0.178. The zero-order valence-corrected chi connectivity index (χ0v) is 26.8.